The summed E-state index contributed by atoms with van der Waals surface area (Å²) in [5.41, 5.74) is -0.00924. The molecule has 0 atom stereocenters. The van der Waals surface area contributed by atoms with Gasteiger partial charge in [-0.25, -0.2) is 9.18 Å². The van der Waals surface area contributed by atoms with E-state index in [2.05, 4.69) is 0 Å². The summed E-state index contributed by atoms with van der Waals surface area (Å²) in [6.45, 7) is 0.638. The average molecular weight is 264 g/mol. The predicted molar refractivity (Wildman–Crippen MR) is 68.2 cm³/mol. The van der Waals surface area contributed by atoms with Gasteiger partial charge in [0.25, 0.3) is 0 Å². The van der Waals surface area contributed by atoms with Gasteiger partial charge in [-0.2, -0.15) is 0 Å². The summed E-state index contributed by atoms with van der Waals surface area (Å²) < 4.78 is 24.0. The number of carboxylic acids is 1. The van der Waals surface area contributed by atoms with Gasteiger partial charge in [-0.05, 0) is 18.2 Å². The number of hydrogen-bond donors (Lipinski definition) is 1. The predicted octanol–water partition coefficient (Wildman–Crippen LogP) is 2.70. The fourth-order valence-corrected chi connectivity index (χ4v) is 1.79. The van der Waals surface area contributed by atoms with Gasteiger partial charge in [0.1, 0.15) is 18.2 Å². The lowest BCUT2D eigenvalue weighted by atomic mass is 10.1. The van der Waals surface area contributed by atoms with Crippen LogP contribution in [0.5, 0.6) is 5.75 Å². The first-order valence-electron chi connectivity index (χ1n) is 5.71. The van der Waals surface area contributed by atoms with Crippen LogP contribution in [-0.2, 0) is 4.74 Å². The highest BCUT2D eigenvalue weighted by Crippen LogP contribution is 2.29. The Morgan fingerprint density at radius 1 is 1.26 bits per heavy atom. The lowest BCUT2D eigenvalue weighted by Crippen LogP contribution is -2.06. The smallest absolute Gasteiger partial charge is 0.335 e. The van der Waals surface area contributed by atoms with Crippen molar-refractivity contribution in [3.8, 4) is 5.75 Å². The van der Waals surface area contributed by atoms with Gasteiger partial charge in [0, 0.05) is 17.9 Å². The van der Waals surface area contributed by atoms with Crippen molar-refractivity contribution in [2.24, 2.45) is 0 Å². The van der Waals surface area contributed by atoms with E-state index in [0.717, 1.165) is 0 Å². The zero-order valence-corrected chi connectivity index (χ0v) is 10.4. The summed E-state index contributed by atoms with van der Waals surface area (Å²) in [6, 6.07) is 7.22. The van der Waals surface area contributed by atoms with Gasteiger partial charge in [0.05, 0.1) is 12.2 Å². The minimum Gasteiger partial charge on any atom is -0.491 e. The van der Waals surface area contributed by atoms with Crippen LogP contribution in [0.2, 0.25) is 0 Å². The van der Waals surface area contributed by atoms with Crippen molar-refractivity contribution in [2.45, 2.75) is 0 Å². The molecule has 19 heavy (non-hydrogen) atoms. The number of carboxylic acid groups (broad SMARTS) is 1. The first kappa shape index (κ1) is 13.3. The Balaban J connectivity index is 2.52. The van der Waals surface area contributed by atoms with Gasteiger partial charge < -0.3 is 14.6 Å². The maximum Gasteiger partial charge on any atom is 0.335 e. The van der Waals surface area contributed by atoms with E-state index in [1.807, 2.05) is 0 Å². The van der Waals surface area contributed by atoms with Crippen molar-refractivity contribution in [2.75, 3.05) is 20.3 Å². The van der Waals surface area contributed by atoms with Crippen LogP contribution in [0.25, 0.3) is 10.8 Å². The van der Waals surface area contributed by atoms with Crippen molar-refractivity contribution in [3.63, 3.8) is 0 Å². The van der Waals surface area contributed by atoms with E-state index in [9.17, 15) is 9.18 Å². The molecular weight excluding hydrogens is 251 g/mol. The molecule has 0 aliphatic rings. The topological polar surface area (TPSA) is 55.8 Å². The molecule has 0 aromatic heterocycles. The molecule has 0 aliphatic heterocycles. The molecule has 0 saturated carbocycles. The third kappa shape index (κ3) is 2.82. The number of ether oxygens (including phenoxy) is 2. The normalized spacial score (nSPS) is 10.6. The molecule has 0 heterocycles. The molecule has 0 amide bonds. The lowest BCUT2D eigenvalue weighted by Gasteiger charge is -2.10. The van der Waals surface area contributed by atoms with Gasteiger partial charge in [-0.3, -0.25) is 0 Å². The Morgan fingerprint density at radius 2 is 2.05 bits per heavy atom. The number of rotatable bonds is 5. The van der Waals surface area contributed by atoms with Gasteiger partial charge >= 0.3 is 5.97 Å². The summed E-state index contributed by atoms with van der Waals surface area (Å²) in [4.78, 5) is 11.0. The molecule has 0 unspecified atom stereocenters. The number of benzene rings is 2. The molecule has 0 aliphatic carbocycles. The fourth-order valence-electron chi connectivity index (χ4n) is 1.79. The third-order valence-electron chi connectivity index (χ3n) is 2.70. The van der Waals surface area contributed by atoms with Gasteiger partial charge in [-0.15, -0.1) is 0 Å². The Bertz CT molecular complexity index is 610. The van der Waals surface area contributed by atoms with E-state index in [1.165, 1.54) is 25.3 Å². The van der Waals surface area contributed by atoms with Gasteiger partial charge in [0.15, 0.2) is 0 Å². The van der Waals surface area contributed by atoms with Crippen LogP contribution < -0.4 is 4.74 Å². The Labute approximate surface area is 109 Å². The molecule has 1 N–H and O–H groups in total. The Morgan fingerprint density at radius 3 is 2.74 bits per heavy atom. The third-order valence-corrected chi connectivity index (χ3v) is 2.70. The zero-order chi connectivity index (χ0) is 13.8. The lowest BCUT2D eigenvalue weighted by molar-refractivity contribution is 0.0696. The van der Waals surface area contributed by atoms with Crippen LogP contribution in [0.15, 0.2) is 30.3 Å². The molecule has 2 aromatic rings. The fraction of sp³-hybridized carbons (Fsp3) is 0.214. The second-order valence-electron chi connectivity index (χ2n) is 3.96. The minimum atomic E-state index is -1.12. The summed E-state index contributed by atoms with van der Waals surface area (Å²) in [6.07, 6.45) is 0. The van der Waals surface area contributed by atoms with E-state index in [-0.39, 0.29) is 17.6 Å². The second-order valence-corrected chi connectivity index (χ2v) is 3.96. The van der Waals surface area contributed by atoms with Crippen molar-refractivity contribution in [3.05, 3.63) is 41.7 Å². The molecule has 0 saturated heterocycles. The average Bonchev–Trinajstić information content (AvgIpc) is 2.39. The SMILES string of the molecule is COCCOc1cc(C(=O)O)cc2c(F)cccc12. The van der Waals surface area contributed by atoms with Crippen LogP contribution in [-0.4, -0.2) is 31.4 Å². The zero-order valence-electron chi connectivity index (χ0n) is 10.4. The Hall–Kier alpha value is -2.14. The Kier molecular flexibility index (Phi) is 3.97. The molecule has 5 heteroatoms. The van der Waals surface area contributed by atoms with E-state index in [1.54, 1.807) is 12.1 Å². The summed E-state index contributed by atoms with van der Waals surface area (Å²) in [5, 5.41) is 9.80. The number of fused-ring (bicyclic) bond motifs is 1. The number of carbonyl (C=O) groups is 1. The number of hydrogen-bond acceptors (Lipinski definition) is 3. The van der Waals surface area contributed by atoms with Crippen LogP contribution in [0.3, 0.4) is 0 Å². The molecule has 0 fully saturated rings. The summed E-state index contributed by atoms with van der Waals surface area (Å²) >= 11 is 0. The first-order chi connectivity index (χ1) is 9.13. The maximum absolute atomic E-state index is 13.7. The highest BCUT2D eigenvalue weighted by molar-refractivity contribution is 5.97. The minimum absolute atomic E-state index is 0.00924. The molecule has 2 aromatic carbocycles. The maximum atomic E-state index is 13.7. The van der Waals surface area contributed by atoms with Crippen molar-refractivity contribution in [1.29, 1.82) is 0 Å². The molecule has 100 valence electrons. The van der Waals surface area contributed by atoms with Crippen LogP contribution in [0.4, 0.5) is 4.39 Å². The van der Waals surface area contributed by atoms with E-state index in [4.69, 9.17) is 14.6 Å². The van der Waals surface area contributed by atoms with E-state index in [0.29, 0.717) is 17.7 Å². The number of methoxy groups -OCH3 is 1. The quantitative estimate of drug-likeness (QED) is 0.843. The van der Waals surface area contributed by atoms with Crippen LogP contribution in [0.1, 0.15) is 10.4 Å². The van der Waals surface area contributed by atoms with Crippen LogP contribution >= 0.6 is 0 Å². The number of aromatic carboxylic acids is 1. The standard InChI is InChI=1S/C14H13FO4/c1-18-5-6-19-13-8-9(14(16)17)7-11-10(13)3-2-4-12(11)15/h2-4,7-8H,5-6H2,1H3,(H,16,17). The van der Waals surface area contributed by atoms with Gasteiger partial charge in [0.2, 0.25) is 0 Å². The monoisotopic (exact) mass is 264 g/mol. The summed E-state index contributed by atoms with van der Waals surface area (Å²) in [7, 11) is 1.54. The molecule has 0 radical (unpaired) electrons. The van der Waals surface area contributed by atoms with E-state index < -0.39 is 11.8 Å². The van der Waals surface area contributed by atoms with Gasteiger partial charge in [-0.1, -0.05) is 12.1 Å². The molecule has 0 spiro atoms. The largest absolute Gasteiger partial charge is 0.491 e. The molecule has 0 bridgehead atoms. The first-order valence-corrected chi connectivity index (χ1v) is 5.71. The molecular formula is C14H13FO4. The molecule has 2 rings (SSSR count). The van der Waals surface area contributed by atoms with Crippen LogP contribution in [0, 0.1) is 5.82 Å². The number of halogens is 1. The van der Waals surface area contributed by atoms with E-state index >= 15 is 0 Å². The highest BCUT2D eigenvalue weighted by atomic mass is 19.1. The second kappa shape index (κ2) is 5.67. The van der Waals surface area contributed by atoms with Crippen molar-refractivity contribution < 1.29 is 23.8 Å². The molecule has 4 nitrogen and oxygen atoms in total. The van der Waals surface area contributed by atoms with Crippen molar-refractivity contribution in [1.82, 2.24) is 0 Å². The highest BCUT2D eigenvalue weighted by Gasteiger charge is 2.12. The summed E-state index contributed by atoms with van der Waals surface area (Å²) in [5.74, 6) is -1.26. The van der Waals surface area contributed by atoms with Crippen molar-refractivity contribution >= 4 is 16.7 Å².